The largest absolute Gasteiger partial charge is 0.295 e. The predicted octanol–water partition coefficient (Wildman–Crippen LogP) is 3.38. The van der Waals surface area contributed by atoms with E-state index in [1.54, 1.807) is 29.2 Å². The zero-order chi connectivity index (χ0) is 24.4. The summed E-state index contributed by atoms with van der Waals surface area (Å²) >= 11 is 0. The number of piperidine rings is 1. The maximum Gasteiger partial charge on any atom is 0.250 e. The highest BCUT2D eigenvalue weighted by Crippen LogP contribution is 2.29. The van der Waals surface area contributed by atoms with Crippen LogP contribution in [0.1, 0.15) is 55.3 Å². The number of anilines is 1. The number of pyridine rings is 1. The van der Waals surface area contributed by atoms with Crippen molar-refractivity contribution in [1.82, 2.24) is 29.5 Å². The van der Waals surface area contributed by atoms with Crippen molar-refractivity contribution in [2.45, 2.75) is 64.0 Å². The molecule has 9 nitrogen and oxygen atoms in total. The van der Waals surface area contributed by atoms with Gasteiger partial charge in [0.15, 0.2) is 17.3 Å². The van der Waals surface area contributed by atoms with Crippen molar-refractivity contribution in [3.8, 4) is 6.07 Å². The van der Waals surface area contributed by atoms with Crippen LogP contribution in [0.25, 0.3) is 5.65 Å². The third kappa shape index (κ3) is 4.84. The number of nitriles is 1. The fraction of sp³-hybridized carbons (Fsp3) is 0.500. The number of fused-ring (bicyclic) bond motifs is 1. The quantitative estimate of drug-likeness (QED) is 0.512. The standard InChI is InChI=1S/C24H27F2N9/c1-2-4-19-20(13-18-6-10-30-35(18)22-17(14-27)5-3-9-28-22)29-16-34-23(19)31-21(32-34)15-33-11-7-24(25,26)8-12-33/h3,5,9-10,16,18H,2,4,6-8,11-13,15H2,1H3. The number of hydrogen-bond donors (Lipinski definition) is 0. The molecule has 0 saturated carbocycles. The van der Waals surface area contributed by atoms with E-state index in [2.05, 4.69) is 28.2 Å². The first-order valence-corrected chi connectivity index (χ1v) is 12.0. The van der Waals surface area contributed by atoms with Crippen LogP contribution in [0.15, 0.2) is 29.8 Å². The van der Waals surface area contributed by atoms with Crippen molar-refractivity contribution in [3.05, 3.63) is 47.3 Å². The van der Waals surface area contributed by atoms with Crippen LogP contribution >= 0.6 is 0 Å². The first-order chi connectivity index (χ1) is 17.0. The topological polar surface area (TPSA) is 98.6 Å². The smallest absolute Gasteiger partial charge is 0.250 e. The van der Waals surface area contributed by atoms with Gasteiger partial charge < -0.3 is 0 Å². The van der Waals surface area contributed by atoms with Crippen molar-refractivity contribution >= 4 is 17.7 Å². The highest BCUT2D eigenvalue weighted by molar-refractivity contribution is 5.68. The third-order valence-electron chi connectivity index (χ3n) is 6.55. The van der Waals surface area contributed by atoms with Gasteiger partial charge in [-0.2, -0.15) is 10.4 Å². The minimum atomic E-state index is -2.57. The minimum absolute atomic E-state index is 0.0139. The molecule has 1 saturated heterocycles. The number of aromatic nitrogens is 5. The lowest BCUT2D eigenvalue weighted by Crippen LogP contribution is -2.39. The molecule has 0 aromatic carbocycles. The second-order valence-electron chi connectivity index (χ2n) is 9.07. The Morgan fingerprint density at radius 3 is 2.83 bits per heavy atom. The van der Waals surface area contributed by atoms with Crippen LogP contribution in [-0.4, -0.2) is 60.7 Å². The van der Waals surface area contributed by atoms with Crippen LogP contribution in [0, 0.1) is 11.3 Å². The Kier molecular flexibility index (Phi) is 6.38. The summed E-state index contributed by atoms with van der Waals surface area (Å²) in [6.07, 6.45) is 7.97. The highest BCUT2D eigenvalue weighted by Gasteiger charge is 2.34. The zero-order valence-corrected chi connectivity index (χ0v) is 19.6. The minimum Gasteiger partial charge on any atom is -0.295 e. The SMILES string of the molecule is CCCc1c(CC2CC=NN2c2ncccc2C#N)ncn2nc(CN3CCC(F)(F)CC3)nc12. The second-order valence-corrected chi connectivity index (χ2v) is 9.07. The van der Waals surface area contributed by atoms with Gasteiger partial charge in [-0.3, -0.25) is 4.90 Å². The Labute approximate surface area is 202 Å². The van der Waals surface area contributed by atoms with Gasteiger partial charge in [0.05, 0.1) is 23.8 Å². The van der Waals surface area contributed by atoms with Gasteiger partial charge in [0.25, 0.3) is 5.92 Å². The van der Waals surface area contributed by atoms with Gasteiger partial charge in [0, 0.05) is 56.7 Å². The average Bonchev–Trinajstić information content (AvgIpc) is 3.48. The molecule has 0 aliphatic carbocycles. The summed E-state index contributed by atoms with van der Waals surface area (Å²) in [7, 11) is 0. The van der Waals surface area contributed by atoms with Crippen LogP contribution in [0.5, 0.6) is 0 Å². The summed E-state index contributed by atoms with van der Waals surface area (Å²) in [5.74, 6) is -1.41. The number of alkyl halides is 2. The Morgan fingerprint density at radius 1 is 1.23 bits per heavy atom. The molecule has 2 aliphatic heterocycles. The van der Waals surface area contributed by atoms with Gasteiger partial charge >= 0.3 is 0 Å². The van der Waals surface area contributed by atoms with Crippen molar-refractivity contribution in [1.29, 1.82) is 5.26 Å². The summed E-state index contributed by atoms with van der Waals surface area (Å²) < 4.78 is 28.7. The van der Waals surface area contributed by atoms with E-state index in [0.29, 0.717) is 43.3 Å². The number of likely N-dealkylation sites (tertiary alicyclic amines) is 1. The molecule has 0 N–H and O–H groups in total. The molecule has 0 radical (unpaired) electrons. The monoisotopic (exact) mass is 479 g/mol. The highest BCUT2D eigenvalue weighted by atomic mass is 19.3. The van der Waals surface area contributed by atoms with Crippen molar-refractivity contribution in [2.75, 3.05) is 18.1 Å². The maximum atomic E-state index is 13.5. The van der Waals surface area contributed by atoms with E-state index in [1.807, 2.05) is 16.1 Å². The molecule has 182 valence electrons. The number of rotatable bonds is 7. The van der Waals surface area contributed by atoms with Crippen molar-refractivity contribution in [2.24, 2.45) is 5.10 Å². The Morgan fingerprint density at radius 2 is 2.06 bits per heavy atom. The van der Waals surface area contributed by atoms with Crippen LogP contribution in [0.2, 0.25) is 0 Å². The van der Waals surface area contributed by atoms with Crippen LogP contribution in [0.3, 0.4) is 0 Å². The van der Waals surface area contributed by atoms with E-state index in [-0.39, 0.29) is 18.9 Å². The zero-order valence-electron chi connectivity index (χ0n) is 19.6. The van der Waals surface area contributed by atoms with Gasteiger partial charge in [-0.05, 0) is 18.6 Å². The summed E-state index contributed by atoms with van der Waals surface area (Å²) in [6, 6.07) is 5.66. The third-order valence-corrected chi connectivity index (χ3v) is 6.55. The van der Waals surface area contributed by atoms with Crippen LogP contribution in [-0.2, 0) is 19.4 Å². The molecule has 35 heavy (non-hydrogen) atoms. The summed E-state index contributed by atoms with van der Waals surface area (Å²) in [4.78, 5) is 15.9. The molecule has 5 heterocycles. The fourth-order valence-corrected chi connectivity index (χ4v) is 4.71. The Bertz CT molecular complexity index is 1270. The van der Waals surface area contributed by atoms with Crippen molar-refractivity contribution in [3.63, 3.8) is 0 Å². The van der Waals surface area contributed by atoms with Gasteiger partial charge in [-0.15, -0.1) is 5.10 Å². The van der Waals surface area contributed by atoms with Gasteiger partial charge in [0.1, 0.15) is 12.4 Å². The van der Waals surface area contributed by atoms with E-state index in [1.165, 1.54) is 0 Å². The summed E-state index contributed by atoms with van der Waals surface area (Å²) in [5.41, 5.74) is 3.19. The maximum absolute atomic E-state index is 13.5. The van der Waals surface area contributed by atoms with Gasteiger partial charge in [0.2, 0.25) is 0 Å². The fourth-order valence-electron chi connectivity index (χ4n) is 4.71. The number of aryl methyl sites for hydroxylation is 1. The molecule has 0 bridgehead atoms. The molecule has 0 amide bonds. The molecule has 5 rings (SSSR count). The lowest BCUT2D eigenvalue weighted by molar-refractivity contribution is -0.0570. The van der Waals surface area contributed by atoms with E-state index in [4.69, 9.17) is 9.97 Å². The normalized spacial score (nSPS) is 19.9. The van der Waals surface area contributed by atoms with Crippen LogP contribution < -0.4 is 5.01 Å². The predicted molar refractivity (Wildman–Crippen MR) is 126 cm³/mol. The number of hydrazone groups is 1. The van der Waals surface area contributed by atoms with E-state index < -0.39 is 5.92 Å². The average molecular weight is 480 g/mol. The first-order valence-electron chi connectivity index (χ1n) is 12.0. The van der Waals surface area contributed by atoms with E-state index >= 15 is 0 Å². The Balaban J connectivity index is 1.39. The van der Waals surface area contributed by atoms with E-state index in [9.17, 15) is 14.0 Å². The van der Waals surface area contributed by atoms with Crippen LogP contribution in [0.4, 0.5) is 14.6 Å². The lowest BCUT2D eigenvalue weighted by Gasteiger charge is -2.30. The molecule has 11 heteroatoms. The summed E-state index contributed by atoms with van der Waals surface area (Å²) in [6.45, 7) is 3.23. The first kappa shape index (κ1) is 23.2. The molecule has 1 fully saturated rings. The number of nitrogens with zero attached hydrogens (tertiary/aromatic N) is 9. The lowest BCUT2D eigenvalue weighted by atomic mass is 10.0. The molecule has 0 spiro atoms. The molecule has 1 unspecified atom stereocenters. The summed E-state index contributed by atoms with van der Waals surface area (Å²) in [5, 5.41) is 20.4. The van der Waals surface area contributed by atoms with Gasteiger partial charge in [-0.25, -0.2) is 33.3 Å². The molecular formula is C24H27F2N9. The number of hydrogen-bond acceptors (Lipinski definition) is 8. The van der Waals surface area contributed by atoms with Gasteiger partial charge in [-0.1, -0.05) is 13.3 Å². The molecule has 3 aromatic rings. The molecular weight excluding hydrogens is 452 g/mol. The molecule has 3 aromatic heterocycles. The molecule has 2 aliphatic rings. The molecule has 1 atom stereocenters. The van der Waals surface area contributed by atoms with E-state index in [0.717, 1.165) is 36.2 Å². The van der Waals surface area contributed by atoms with Crippen molar-refractivity contribution < 1.29 is 8.78 Å². The Hall–Kier alpha value is -3.52. The number of halogens is 2. The second kappa shape index (κ2) is 9.62.